The van der Waals surface area contributed by atoms with Crippen LogP contribution in [0.4, 0.5) is 0 Å². The molecular formula is C8H15NO2. The van der Waals surface area contributed by atoms with E-state index in [-0.39, 0.29) is 11.8 Å². The summed E-state index contributed by atoms with van der Waals surface area (Å²) in [5.41, 5.74) is 5.47. The number of carbonyl (C=O) groups is 1. The lowest BCUT2D eigenvalue weighted by atomic mass is 9.59. The molecule has 3 N–H and O–H groups in total. The summed E-state index contributed by atoms with van der Waals surface area (Å²) in [5, 5.41) is 8.61. The van der Waals surface area contributed by atoms with Gasteiger partial charge in [0.25, 0.3) is 0 Å². The lowest BCUT2D eigenvalue weighted by Gasteiger charge is -2.46. The van der Waals surface area contributed by atoms with Gasteiger partial charge in [-0.3, -0.25) is 4.79 Å². The molecule has 1 aliphatic rings. The fraction of sp³-hybridized carbons (Fsp3) is 0.875. The number of hydrogen-bond acceptors (Lipinski definition) is 2. The molecule has 0 aliphatic heterocycles. The van der Waals surface area contributed by atoms with Crippen LogP contribution in [-0.4, -0.2) is 17.6 Å². The predicted molar refractivity (Wildman–Crippen MR) is 42.1 cm³/mol. The minimum absolute atomic E-state index is 0.0775. The minimum atomic E-state index is -0.720. The molecule has 0 heterocycles. The fourth-order valence-corrected chi connectivity index (χ4v) is 1.78. The monoisotopic (exact) mass is 157 g/mol. The summed E-state index contributed by atoms with van der Waals surface area (Å²) in [5.74, 6) is -0.231. The summed E-state index contributed by atoms with van der Waals surface area (Å²) < 4.78 is 0. The van der Waals surface area contributed by atoms with Crippen molar-refractivity contribution in [2.75, 3.05) is 6.54 Å². The van der Waals surface area contributed by atoms with Gasteiger partial charge in [0.15, 0.2) is 0 Å². The van der Waals surface area contributed by atoms with E-state index in [0.717, 1.165) is 12.8 Å². The fourth-order valence-electron chi connectivity index (χ4n) is 1.78. The summed E-state index contributed by atoms with van der Waals surface area (Å²) in [6.45, 7) is 2.60. The van der Waals surface area contributed by atoms with E-state index < -0.39 is 5.97 Å². The Labute approximate surface area is 66.6 Å². The van der Waals surface area contributed by atoms with E-state index >= 15 is 0 Å². The van der Waals surface area contributed by atoms with Crippen molar-refractivity contribution < 1.29 is 9.90 Å². The molecule has 1 aliphatic carbocycles. The molecule has 3 heteroatoms. The largest absolute Gasteiger partial charge is 0.481 e. The molecule has 11 heavy (non-hydrogen) atoms. The standard InChI is InChI=1S/C8H15NO2/c1-6-2-3-8(6,5-9)4-7(10)11/h6H,2-5,9H2,1H3,(H,10,11)/t6-,8+/m0/s1. The van der Waals surface area contributed by atoms with Gasteiger partial charge in [-0.15, -0.1) is 0 Å². The number of hydrogen-bond donors (Lipinski definition) is 2. The van der Waals surface area contributed by atoms with Crippen LogP contribution in [0.15, 0.2) is 0 Å². The first-order valence-corrected chi connectivity index (χ1v) is 4.02. The number of nitrogens with two attached hydrogens (primary N) is 1. The van der Waals surface area contributed by atoms with Gasteiger partial charge in [0.2, 0.25) is 0 Å². The highest BCUT2D eigenvalue weighted by Crippen LogP contribution is 2.48. The first kappa shape index (κ1) is 8.53. The Balaban J connectivity index is 2.54. The van der Waals surface area contributed by atoms with E-state index in [4.69, 9.17) is 10.8 Å². The molecule has 1 fully saturated rings. The van der Waals surface area contributed by atoms with Gasteiger partial charge < -0.3 is 10.8 Å². The second-order valence-electron chi connectivity index (χ2n) is 3.58. The van der Waals surface area contributed by atoms with E-state index in [9.17, 15) is 4.79 Å². The van der Waals surface area contributed by atoms with Crippen LogP contribution in [0.1, 0.15) is 26.2 Å². The normalized spacial score (nSPS) is 36.4. The molecule has 64 valence electrons. The van der Waals surface area contributed by atoms with Gasteiger partial charge in [0.05, 0.1) is 6.42 Å². The van der Waals surface area contributed by atoms with Gasteiger partial charge >= 0.3 is 5.97 Å². The number of rotatable bonds is 3. The third-order valence-electron chi connectivity index (χ3n) is 3.03. The summed E-state index contributed by atoms with van der Waals surface area (Å²) in [6, 6.07) is 0. The quantitative estimate of drug-likeness (QED) is 0.638. The van der Waals surface area contributed by atoms with Crippen LogP contribution in [0.3, 0.4) is 0 Å². The molecule has 0 aromatic rings. The summed E-state index contributed by atoms with van der Waals surface area (Å²) >= 11 is 0. The van der Waals surface area contributed by atoms with Crippen LogP contribution >= 0.6 is 0 Å². The highest BCUT2D eigenvalue weighted by Gasteiger charge is 2.44. The van der Waals surface area contributed by atoms with Crippen molar-refractivity contribution in [3.63, 3.8) is 0 Å². The zero-order valence-corrected chi connectivity index (χ0v) is 6.84. The van der Waals surface area contributed by atoms with E-state index in [1.807, 2.05) is 0 Å². The maximum absolute atomic E-state index is 10.5. The van der Waals surface area contributed by atoms with Crippen LogP contribution in [0, 0.1) is 11.3 Å². The maximum atomic E-state index is 10.5. The topological polar surface area (TPSA) is 63.3 Å². The van der Waals surface area contributed by atoms with E-state index in [2.05, 4.69) is 6.92 Å². The molecule has 0 aromatic heterocycles. The summed E-state index contributed by atoms with van der Waals surface area (Å²) in [4.78, 5) is 10.5. The Morgan fingerprint density at radius 3 is 2.55 bits per heavy atom. The number of carboxylic acid groups (broad SMARTS) is 1. The van der Waals surface area contributed by atoms with Gasteiger partial charge in [-0.2, -0.15) is 0 Å². The van der Waals surface area contributed by atoms with Crippen LogP contribution in [0.5, 0.6) is 0 Å². The Morgan fingerprint density at radius 1 is 1.82 bits per heavy atom. The lowest BCUT2D eigenvalue weighted by molar-refractivity contribution is -0.143. The Kier molecular flexibility index (Phi) is 2.18. The van der Waals surface area contributed by atoms with Crippen molar-refractivity contribution in [1.82, 2.24) is 0 Å². The average molecular weight is 157 g/mol. The summed E-state index contributed by atoms with van der Waals surface area (Å²) in [6.07, 6.45) is 2.35. The van der Waals surface area contributed by atoms with Crippen LogP contribution in [0.25, 0.3) is 0 Å². The molecule has 2 atom stereocenters. The first-order valence-electron chi connectivity index (χ1n) is 4.02. The van der Waals surface area contributed by atoms with E-state index in [0.29, 0.717) is 12.5 Å². The highest BCUT2D eigenvalue weighted by atomic mass is 16.4. The molecular weight excluding hydrogens is 142 g/mol. The van der Waals surface area contributed by atoms with E-state index in [1.54, 1.807) is 0 Å². The zero-order chi connectivity index (χ0) is 8.48. The van der Waals surface area contributed by atoms with Crippen LogP contribution < -0.4 is 5.73 Å². The number of carboxylic acids is 1. The Morgan fingerprint density at radius 2 is 2.45 bits per heavy atom. The van der Waals surface area contributed by atoms with Crippen molar-refractivity contribution in [1.29, 1.82) is 0 Å². The molecule has 0 unspecified atom stereocenters. The van der Waals surface area contributed by atoms with Crippen molar-refractivity contribution in [3.05, 3.63) is 0 Å². The molecule has 3 nitrogen and oxygen atoms in total. The molecule has 0 spiro atoms. The van der Waals surface area contributed by atoms with Crippen molar-refractivity contribution in [2.45, 2.75) is 26.2 Å². The molecule has 1 saturated carbocycles. The molecule has 0 amide bonds. The molecule has 0 aromatic carbocycles. The minimum Gasteiger partial charge on any atom is -0.481 e. The Hall–Kier alpha value is -0.570. The summed E-state index contributed by atoms with van der Waals surface area (Å²) in [7, 11) is 0. The van der Waals surface area contributed by atoms with Crippen molar-refractivity contribution in [2.24, 2.45) is 17.1 Å². The zero-order valence-electron chi connectivity index (χ0n) is 6.84. The van der Waals surface area contributed by atoms with Crippen LogP contribution in [-0.2, 0) is 4.79 Å². The average Bonchev–Trinajstić information content (AvgIpc) is 1.96. The maximum Gasteiger partial charge on any atom is 0.303 e. The molecule has 0 radical (unpaired) electrons. The predicted octanol–water partition coefficient (Wildman–Crippen LogP) is 0.836. The SMILES string of the molecule is C[C@H]1CC[C@]1(CN)CC(=O)O. The second-order valence-corrected chi connectivity index (χ2v) is 3.58. The van der Waals surface area contributed by atoms with Crippen molar-refractivity contribution in [3.8, 4) is 0 Å². The molecule has 0 saturated heterocycles. The van der Waals surface area contributed by atoms with Gasteiger partial charge in [0.1, 0.15) is 0 Å². The molecule has 0 bridgehead atoms. The third-order valence-corrected chi connectivity index (χ3v) is 3.03. The van der Waals surface area contributed by atoms with Gasteiger partial charge in [-0.1, -0.05) is 6.92 Å². The van der Waals surface area contributed by atoms with Gasteiger partial charge in [-0.05, 0) is 30.7 Å². The van der Waals surface area contributed by atoms with Crippen LogP contribution in [0.2, 0.25) is 0 Å². The highest BCUT2D eigenvalue weighted by molar-refractivity contribution is 5.68. The van der Waals surface area contributed by atoms with Gasteiger partial charge in [0, 0.05) is 0 Å². The molecule has 1 rings (SSSR count). The number of aliphatic carboxylic acids is 1. The van der Waals surface area contributed by atoms with E-state index in [1.165, 1.54) is 0 Å². The third kappa shape index (κ3) is 1.38. The second kappa shape index (κ2) is 2.81. The lowest BCUT2D eigenvalue weighted by Crippen LogP contribution is -2.46. The van der Waals surface area contributed by atoms with Crippen molar-refractivity contribution >= 4 is 5.97 Å². The first-order chi connectivity index (χ1) is 5.10. The van der Waals surface area contributed by atoms with Gasteiger partial charge in [-0.25, -0.2) is 0 Å². The smallest absolute Gasteiger partial charge is 0.303 e. The Bertz CT molecular complexity index is 165.